The maximum absolute atomic E-state index is 13.0. The van der Waals surface area contributed by atoms with Gasteiger partial charge in [0, 0.05) is 18.4 Å². The number of aryl methyl sites for hydroxylation is 2. The van der Waals surface area contributed by atoms with Gasteiger partial charge >= 0.3 is 0 Å². The molecule has 28 heavy (non-hydrogen) atoms. The van der Waals surface area contributed by atoms with Crippen LogP contribution in [0.4, 0.5) is 0 Å². The molecule has 1 aliphatic rings. The summed E-state index contributed by atoms with van der Waals surface area (Å²) in [6, 6.07) is 12.8. The monoisotopic (exact) mass is 402 g/mol. The number of hydrogen-bond donors (Lipinski definition) is 0. The average Bonchev–Trinajstić information content (AvgIpc) is 3.05. The Hall–Kier alpha value is -2.22. The molecule has 1 saturated heterocycles. The Morgan fingerprint density at radius 2 is 1.93 bits per heavy atom. The summed E-state index contributed by atoms with van der Waals surface area (Å²) < 4.78 is 33.4. The van der Waals surface area contributed by atoms with E-state index in [9.17, 15) is 13.6 Å². The second-order valence-electron chi connectivity index (χ2n) is 7.05. The largest absolute Gasteiger partial charge is 0.772 e. The molecule has 0 spiro atoms. The van der Waals surface area contributed by atoms with E-state index in [1.54, 1.807) is 36.3 Å². The lowest BCUT2D eigenvalue weighted by Crippen LogP contribution is -2.32. The highest BCUT2D eigenvalue weighted by molar-refractivity contribution is 7.78. The summed E-state index contributed by atoms with van der Waals surface area (Å²) in [5.74, 6) is 0.466. The van der Waals surface area contributed by atoms with Gasteiger partial charge in [-0.1, -0.05) is 40.9 Å². The van der Waals surface area contributed by atoms with E-state index in [4.69, 9.17) is 9.47 Å². The van der Waals surface area contributed by atoms with Crippen molar-refractivity contribution in [3.8, 4) is 5.75 Å². The lowest BCUT2D eigenvalue weighted by molar-refractivity contribution is 0.0339. The Morgan fingerprint density at radius 1 is 1.18 bits per heavy atom. The van der Waals surface area contributed by atoms with E-state index >= 15 is 0 Å². The highest BCUT2D eigenvalue weighted by Gasteiger charge is 2.37. The molecule has 2 aromatic rings. The molecule has 1 heterocycles. The van der Waals surface area contributed by atoms with Crippen molar-refractivity contribution in [1.29, 1.82) is 0 Å². The van der Waals surface area contributed by atoms with Gasteiger partial charge in [0.05, 0.1) is 13.1 Å². The third-order valence-corrected chi connectivity index (χ3v) is 5.47. The predicted octanol–water partition coefficient (Wildman–Crippen LogP) is 2.60. The summed E-state index contributed by atoms with van der Waals surface area (Å²) in [6.07, 6.45) is -0.585. The minimum Gasteiger partial charge on any atom is -0.772 e. The molecule has 3 atom stereocenters. The number of amides is 1. The van der Waals surface area contributed by atoms with Crippen molar-refractivity contribution in [3.05, 3.63) is 64.7 Å². The van der Waals surface area contributed by atoms with Gasteiger partial charge in [0.15, 0.2) is 0 Å². The number of ether oxygens (including phenoxy) is 2. The standard InChI is InChI=1S/C21H25NO5S/c1-14-7-8-15(2)18(9-14)21(23)22-11-19(26-3)20(12-22)27-17-6-4-5-16(10-17)13-28(24)25/h4-10,19-20H,11-13H2,1-3H3,(H,24,25)/p-1. The van der Waals surface area contributed by atoms with E-state index in [0.29, 0.717) is 30.0 Å². The summed E-state index contributed by atoms with van der Waals surface area (Å²) in [5.41, 5.74) is 3.32. The van der Waals surface area contributed by atoms with Crippen LogP contribution in [0.1, 0.15) is 27.0 Å². The van der Waals surface area contributed by atoms with Crippen molar-refractivity contribution >= 4 is 17.0 Å². The second-order valence-corrected chi connectivity index (χ2v) is 7.95. The maximum atomic E-state index is 13.0. The van der Waals surface area contributed by atoms with Crippen molar-refractivity contribution in [3.63, 3.8) is 0 Å². The molecule has 3 unspecified atom stereocenters. The maximum Gasteiger partial charge on any atom is 0.254 e. The van der Waals surface area contributed by atoms with Crippen molar-refractivity contribution in [2.24, 2.45) is 0 Å². The molecule has 0 aromatic heterocycles. The van der Waals surface area contributed by atoms with E-state index in [0.717, 1.165) is 11.1 Å². The number of hydrogen-bond acceptors (Lipinski definition) is 5. The van der Waals surface area contributed by atoms with Crippen LogP contribution in [0.15, 0.2) is 42.5 Å². The number of methoxy groups -OCH3 is 1. The van der Waals surface area contributed by atoms with Gasteiger partial charge < -0.3 is 18.9 Å². The second kappa shape index (κ2) is 8.86. The number of nitrogens with zero attached hydrogens (tertiary/aromatic N) is 1. The molecule has 0 radical (unpaired) electrons. The zero-order chi connectivity index (χ0) is 20.3. The van der Waals surface area contributed by atoms with Gasteiger partial charge in [0.2, 0.25) is 0 Å². The van der Waals surface area contributed by atoms with E-state index < -0.39 is 11.1 Å². The highest BCUT2D eigenvalue weighted by atomic mass is 32.2. The van der Waals surface area contributed by atoms with Gasteiger partial charge in [-0.05, 0) is 43.2 Å². The number of benzene rings is 2. The molecular weight excluding hydrogens is 378 g/mol. The first-order valence-corrected chi connectivity index (χ1v) is 10.3. The summed E-state index contributed by atoms with van der Waals surface area (Å²) >= 11 is -2.16. The Morgan fingerprint density at radius 3 is 2.64 bits per heavy atom. The molecule has 7 heteroatoms. The molecule has 1 amide bonds. The summed E-state index contributed by atoms with van der Waals surface area (Å²) in [6.45, 7) is 4.74. The molecule has 0 saturated carbocycles. The number of rotatable bonds is 6. The third kappa shape index (κ3) is 4.79. The smallest absolute Gasteiger partial charge is 0.254 e. The SMILES string of the molecule is COC1CN(C(=O)c2cc(C)ccc2C)CC1Oc1cccc(CS(=O)[O-])c1. The number of likely N-dealkylation sites (tertiary alicyclic amines) is 1. The third-order valence-electron chi connectivity index (χ3n) is 4.90. The first-order chi connectivity index (χ1) is 13.4. The molecular formula is C21H24NO5S-. The fourth-order valence-corrected chi connectivity index (χ4v) is 3.86. The first-order valence-electron chi connectivity index (χ1n) is 9.08. The van der Waals surface area contributed by atoms with Gasteiger partial charge in [0.1, 0.15) is 18.0 Å². The van der Waals surface area contributed by atoms with Gasteiger partial charge in [-0.3, -0.25) is 9.00 Å². The van der Waals surface area contributed by atoms with Crippen LogP contribution in [-0.2, 0) is 21.6 Å². The number of carbonyl (C=O) groups excluding carboxylic acids is 1. The minimum absolute atomic E-state index is 0.0372. The minimum atomic E-state index is -2.16. The molecule has 150 valence electrons. The average molecular weight is 402 g/mol. The fraction of sp³-hybridized carbons (Fsp3) is 0.381. The van der Waals surface area contributed by atoms with Crippen LogP contribution in [0.5, 0.6) is 5.75 Å². The van der Waals surface area contributed by atoms with E-state index in [1.807, 2.05) is 32.0 Å². The number of carbonyl (C=O) groups is 1. The first kappa shape index (κ1) is 20.5. The lowest BCUT2D eigenvalue weighted by atomic mass is 10.0. The molecule has 3 rings (SSSR count). The molecule has 1 aliphatic heterocycles. The molecule has 6 nitrogen and oxygen atoms in total. The van der Waals surface area contributed by atoms with Crippen LogP contribution in [0, 0.1) is 13.8 Å². The molecule has 1 fully saturated rings. The van der Waals surface area contributed by atoms with Crippen molar-refractivity contribution < 1.29 is 23.0 Å². The zero-order valence-electron chi connectivity index (χ0n) is 16.2. The van der Waals surface area contributed by atoms with Gasteiger partial charge in [-0.15, -0.1) is 0 Å². The zero-order valence-corrected chi connectivity index (χ0v) is 17.0. The van der Waals surface area contributed by atoms with E-state index in [-0.39, 0.29) is 23.9 Å². The Kier molecular flexibility index (Phi) is 6.49. The Balaban J connectivity index is 1.74. The van der Waals surface area contributed by atoms with Crippen LogP contribution in [0.25, 0.3) is 0 Å². The van der Waals surface area contributed by atoms with Crippen molar-refractivity contribution in [2.75, 3.05) is 20.2 Å². The fourth-order valence-electron chi connectivity index (χ4n) is 3.41. The van der Waals surface area contributed by atoms with Crippen LogP contribution >= 0.6 is 0 Å². The van der Waals surface area contributed by atoms with E-state index in [1.165, 1.54) is 0 Å². The lowest BCUT2D eigenvalue weighted by Gasteiger charge is -2.19. The van der Waals surface area contributed by atoms with Crippen molar-refractivity contribution in [2.45, 2.75) is 31.8 Å². The Labute approximate surface area is 167 Å². The predicted molar refractivity (Wildman–Crippen MR) is 106 cm³/mol. The molecule has 0 aliphatic carbocycles. The van der Waals surface area contributed by atoms with Gasteiger partial charge in [-0.2, -0.15) is 0 Å². The van der Waals surface area contributed by atoms with Crippen LogP contribution in [0.2, 0.25) is 0 Å². The molecule has 0 N–H and O–H groups in total. The molecule has 2 aromatic carbocycles. The molecule has 0 bridgehead atoms. The normalized spacial score (nSPS) is 20.2. The Bertz CT molecular complexity index is 885. The van der Waals surface area contributed by atoms with E-state index in [2.05, 4.69) is 0 Å². The topological polar surface area (TPSA) is 78.9 Å². The summed E-state index contributed by atoms with van der Waals surface area (Å²) in [7, 11) is 1.60. The van der Waals surface area contributed by atoms with Crippen LogP contribution < -0.4 is 4.74 Å². The van der Waals surface area contributed by atoms with Crippen LogP contribution in [0.3, 0.4) is 0 Å². The quantitative estimate of drug-likeness (QED) is 0.694. The van der Waals surface area contributed by atoms with Crippen LogP contribution in [-0.4, -0.2) is 52.0 Å². The highest BCUT2D eigenvalue weighted by Crippen LogP contribution is 2.24. The van der Waals surface area contributed by atoms with Crippen molar-refractivity contribution in [1.82, 2.24) is 4.90 Å². The van der Waals surface area contributed by atoms with Gasteiger partial charge in [0.25, 0.3) is 5.91 Å². The summed E-state index contributed by atoms with van der Waals surface area (Å²) in [4.78, 5) is 14.7. The summed E-state index contributed by atoms with van der Waals surface area (Å²) in [5, 5.41) is 0. The van der Waals surface area contributed by atoms with Gasteiger partial charge in [-0.25, -0.2) is 0 Å².